The fourth-order valence-electron chi connectivity index (χ4n) is 2.08. The molecular formula is C18H20N2O3. The molecule has 2 unspecified atom stereocenters. The fraction of sp³-hybridized carbons (Fsp3) is 0.222. The molecule has 2 rings (SSSR count). The largest absolute Gasteiger partial charge is 0.378 e. The third-order valence-corrected chi connectivity index (χ3v) is 3.43. The molecule has 23 heavy (non-hydrogen) atoms. The van der Waals surface area contributed by atoms with Crippen LogP contribution < -0.4 is 10.6 Å². The monoisotopic (exact) mass is 312 g/mol. The molecule has 0 bridgehead atoms. The normalized spacial score (nSPS) is 13.0. The predicted molar refractivity (Wildman–Crippen MR) is 87.3 cm³/mol. The highest BCUT2D eigenvalue weighted by molar-refractivity contribution is 5.89. The lowest BCUT2D eigenvalue weighted by molar-refractivity contribution is -0.134. The summed E-state index contributed by atoms with van der Waals surface area (Å²) in [7, 11) is 0. The van der Waals surface area contributed by atoms with Crippen LogP contribution in [0.5, 0.6) is 0 Å². The average molecular weight is 312 g/mol. The molecule has 0 spiro atoms. The second-order valence-electron chi connectivity index (χ2n) is 5.25. The summed E-state index contributed by atoms with van der Waals surface area (Å²) in [5, 5.41) is 15.2. The third kappa shape index (κ3) is 4.93. The molecule has 3 N–H and O–H groups in total. The molecule has 2 atom stereocenters. The molecule has 2 amide bonds. The van der Waals surface area contributed by atoms with Gasteiger partial charge in [0.2, 0.25) is 5.91 Å². The number of aliphatic hydroxyl groups is 1. The first-order valence-corrected chi connectivity index (χ1v) is 7.43. The summed E-state index contributed by atoms with van der Waals surface area (Å²) < 4.78 is 0. The summed E-state index contributed by atoms with van der Waals surface area (Å²) in [5.74, 6) is -0.902. The first kappa shape index (κ1) is 16.7. The molecule has 2 aromatic carbocycles. The van der Waals surface area contributed by atoms with Crippen molar-refractivity contribution in [3.63, 3.8) is 0 Å². The summed E-state index contributed by atoms with van der Waals surface area (Å²) in [6, 6.07) is 17.4. The van der Waals surface area contributed by atoms with Crippen LogP contribution in [0.1, 0.15) is 24.2 Å². The molecule has 120 valence electrons. The number of rotatable bonds is 6. The van der Waals surface area contributed by atoms with Crippen molar-refractivity contribution in [3.05, 3.63) is 71.8 Å². The molecule has 0 radical (unpaired) electrons. The van der Waals surface area contributed by atoms with Crippen molar-refractivity contribution < 1.29 is 14.7 Å². The molecule has 0 heterocycles. The van der Waals surface area contributed by atoms with Crippen LogP contribution in [0, 0.1) is 0 Å². The van der Waals surface area contributed by atoms with E-state index in [1.165, 1.54) is 0 Å². The Hall–Kier alpha value is -2.66. The van der Waals surface area contributed by atoms with E-state index < -0.39 is 18.1 Å². The van der Waals surface area contributed by atoms with Crippen molar-refractivity contribution in [1.82, 2.24) is 10.6 Å². The Balaban J connectivity index is 1.84. The number of hydrogen-bond donors (Lipinski definition) is 3. The minimum atomic E-state index is -1.29. The Morgan fingerprint density at radius 2 is 1.52 bits per heavy atom. The summed E-state index contributed by atoms with van der Waals surface area (Å²) in [5.41, 5.74) is 1.46. The van der Waals surface area contributed by atoms with Crippen molar-refractivity contribution in [2.24, 2.45) is 0 Å². The van der Waals surface area contributed by atoms with Crippen molar-refractivity contribution in [2.45, 2.75) is 25.6 Å². The van der Waals surface area contributed by atoms with Crippen LogP contribution in [0.15, 0.2) is 60.7 Å². The zero-order valence-corrected chi connectivity index (χ0v) is 12.9. The van der Waals surface area contributed by atoms with E-state index in [1.807, 2.05) is 30.3 Å². The van der Waals surface area contributed by atoms with Gasteiger partial charge in [-0.15, -0.1) is 0 Å². The van der Waals surface area contributed by atoms with E-state index in [0.29, 0.717) is 12.1 Å². The minimum Gasteiger partial charge on any atom is -0.378 e. The molecule has 5 nitrogen and oxygen atoms in total. The third-order valence-electron chi connectivity index (χ3n) is 3.43. The number of amides is 2. The highest BCUT2D eigenvalue weighted by atomic mass is 16.3. The van der Waals surface area contributed by atoms with Gasteiger partial charge < -0.3 is 15.7 Å². The van der Waals surface area contributed by atoms with E-state index in [4.69, 9.17) is 0 Å². The molecule has 0 aliphatic carbocycles. The number of carbonyl (C=O) groups excluding carboxylic acids is 2. The predicted octanol–water partition coefficient (Wildman–Crippen LogP) is 1.54. The first-order valence-electron chi connectivity index (χ1n) is 7.43. The van der Waals surface area contributed by atoms with Gasteiger partial charge in [0.05, 0.1) is 0 Å². The van der Waals surface area contributed by atoms with Gasteiger partial charge in [0.15, 0.2) is 6.10 Å². The number of benzene rings is 2. The van der Waals surface area contributed by atoms with Crippen LogP contribution in [-0.4, -0.2) is 23.0 Å². The molecule has 0 saturated heterocycles. The molecule has 0 aliphatic heterocycles. The SMILES string of the molecule is CC(NC(=O)C(O)c1ccccc1)C(=O)NCc1ccccc1. The van der Waals surface area contributed by atoms with Crippen LogP contribution in [0.4, 0.5) is 0 Å². The summed E-state index contributed by atoms with van der Waals surface area (Å²) in [6.45, 7) is 1.97. The summed E-state index contributed by atoms with van der Waals surface area (Å²) in [6.07, 6.45) is -1.29. The second kappa shape index (κ2) is 8.10. The van der Waals surface area contributed by atoms with Gasteiger partial charge in [-0.05, 0) is 18.1 Å². The van der Waals surface area contributed by atoms with Crippen molar-refractivity contribution in [3.8, 4) is 0 Å². The molecule has 0 aromatic heterocycles. The van der Waals surface area contributed by atoms with E-state index >= 15 is 0 Å². The van der Waals surface area contributed by atoms with Crippen LogP contribution in [-0.2, 0) is 16.1 Å². The lowest BCUT2D eigenvalue weighted by atomic mass is 10.1. The first-order chi connectivity index (χ1) is 11.1. The Bertz CT molecular complexity index is 644. The number of carbonyl (C=O) groups is 2. The van der Waals surface area contributed by atoms with Crippen LogP contribution in [0.3, 0.4) is 0 Å². The van der Waals surface area contributed by atoms with Gasteiger partial charge in [-0.2, -0.15) is 0 Å². The number of hydrogen-bond acceptors (Lipinski definition) is 3. The molecule has 2 aromatic rings. The molecule has 0 fully saturated rings. The van der Waals surface area contributed by atoms with Crippen molar-refractivity contribution in [1.29, 1.82) is 0 Å². The Kier molecular flexibility index (Phi) is 5.88. The van der Waals surface area contributed by atoms with Gasteiger partial charge >= 0.3 is 0 Å². The lowest BCUT2D eigenvalue weighted by Gasteiger charge is -2.17. The fourth-order valence-corrected chi connectivity index (χ4v) is 2.08. The Morgan fingerprint density at radius 3 is 2.13 bits per heavy atom. The topological polar surface area (TPSA) is 78.4 Å². The van der Waals surface area contributed by atoms with E-state index in [1.54, 1.807) is 37.3 Å². The average Bonchev–Trinajstić information content (AvgIpc) is 2.60. The van der Waals surface area contributed by atoms with E-state index in [0.717, 1.165) is 5.56 Å². The van der Waals surface area contributed by atoms with Crippen LogP contribution in [0.2, 0.25) is 0 Å². The molecule has 5 heteroatoms. The summed E-state index contributed by atoms with van der Waals surface area (Å²) >= 11 is 0. The Morgan fingerprint density at radius 1 is 0.957 bits per heavy atom. The second-order valence-corrected chi connectivity index (χ2v) is 5.25. The summed E-state index contributed by atoms with van der Waals surface area (Å²) in [4.78, 5) is 24.0. The zero-order chi connectivity index (χ0) is 16.7. The Labute approximate surface area is 135 Å². The van der Waals surface area contributed by atoms with Gasteiger partial charge in [-0.3, -0.25) is 9.59 Å². The highest BCUT2D eigenvalue weighted by Gasteiger charge is 2.21. The van der Waals surface area contributed by atoms with E-state index in [9.17, 15) is 14.7 Å². The van der Waals surface area contributed by atoms with E-state index in [2.05, 4.69) is 10.6 Å². The lowest BCUT2D eigenvalue weighted by Crippen LogP contribution is -2.46. The smallest absolute Gasteiger partial charge is 0.254 e. The maximum absolute atomic E-state index is 12.0. The van der Waals surface area contributed by atoms with Gasteiger partial charge in [0, 0.05) is 6.54 Å². The van der Waals surface area contributed by atoms with Gasteiger partial charge in [-0.1, -0.05) is 60.7 Å². The van der Waals surface area contributed by atoms with Crippen LogP contribution in [0.25, 0.3) is 0 Å². The highest BCUT2D eigenvalue weighted by Crippen LogP contribution is 2.12. The minimum absolute atomic E-state index is 0.303. The van der Waals surface area contributed by atoms with Crippen molar-refractivity contribution in [2.75, 3.05) is 0 Å². The van der Waals surface area contributed by atoms with Gasteiger partial charge in [0.25, 0.3) is 5.91 Å². The quantitative estimate of drug-likeness (QED) is 0.757. The molecule has 0 aliphatic rings. The standard InChI is InChI=1S/C18H20N2O3/c1-13(17(22)19-12-14-8-4-2-5-9-14)20-18(23)16(21)15-10-6-3-7-11-15/h2-11,13,16,21H,12H2,1H3,(H,19,22)(H,20,23). The maximum Gasteiger partial charge on any atom is 0.254 e. The van der Waals surface area contributed by atoms with E-state index in [-0.39, 0.29) is 5.91 Å². The van der Waals surface area contributed by atoms with Crippen molar-refractivity contribution >= 4 is 11.8 Å². The van der Waals surface area contributed by atoms with Gasteiger partial charge in [0.1, 0.15) is 6.04 Å². The maximum atomic E-state index is 12.0. The molecule has 0 saturated carbocycles. The van der Waals surface area contributed by atoms with Gasteiger partial charge in [-0.25, -0.2) is 0 Å². The molecular weight excluding hydrogens is 292 g/mol. The number of aliphatic hydroxyl groups excluding tert-OH is 1. The van der Waals surface area contributed by atoms with Crippen LogP contribution >= 0.6 is 0 Å². The number of nitrogens with one attached hydrogen (secondary N) is 2. The zero-order valence-electron chi connectivity index (χ0n) is 12.9.